The van der Waals surface area contributed by atoms with Gasteiger partial charge >= 0.3 is 0 Å². The van der Waals surface area contributed by atoms with Crippen molar-refractivity contribution < 1.29 is 14.3 Å². The second kappa shape index (κ2) is 10.1. The molecule has 1 unspecified atom stereocenters. The molecule has 1 atom stereocenters. The third-order valence-electron chi connectivity index (χ3n) is 4.03. The first-order chi connectivity index (χ1) is 12.9. The minimum Gasteiger partial charge on any atom is -0.481 e. The predicted octanol–water partition coefficient (Wildman–Crippen LogP) is 3.89. The minimum atomic E-state index is -0.615. The van der Waals surface area contributed by atoms with Crippen molar-refractivity contribution in [2.45, 2.75) is 32.8 Å². The van der Waals surface area contributed by atoms with Crippen LogP contribution >= 0.6 is 15.9 Å². The summed E-state index contributed by atoms with van der Waals surface area (Å²) >= 11 is 3.33. The predicted molar refractivity (Wildman–Crippen MR) is 110 cm³/mol. The molecule has 6 heteroatoms. The number of halogens is 1. The average Bonchev–Trinajstić information content (AvgIpc) is 2.65. The largest absolute Gasteiger partial charge is 0.481 e. The van der Waals surface area contributed by atoms with Crippen molar-refractivity contribution in [2.24, 2.45) is 0 Å². The summed E-state index contributed by atoms with van der Waals surface area (Å²) in [6.45, 7) is 6.62. The van der Waals surface area contributed by atoms with Crippen molar-refractivity contribution in [3.63, 3.8) is 0 Å². The molecular weight excluding hydrogens is 408 g/mol. The van der Waals surface area contributed by atoms with Gasteiger partial charge in [-0.05, 0) is 48.7 Å². The maximum atomic E-state index is 12.1. The Hall–Kier alpha value is -2.34. The monoisotopic (exact) mass is 432 g/mol. The van der Waals surface area contributed by atoms with Crippen molar-refractivity contribution in [3.8, 4) is 5.75 Å². The molecule has 0 radical (unpaired) electrons. The first kappa shape index (κ1) is 21.0. The Morgan fingerprint density at radius 2 is 1.67 bits per heavy atom. The summed E-state index contributed by atoms with van der Waals surface area (Å²) in [5, 5.41) is 5.53. The lowest BCUT2D eigenvalue weighted by atomic mass is 10.0. The van der Waals surface area contributed by atoms with Gasteiger partial charge in [0, 0.05) is 23.1 Å². The normalized spacial score (nSPS) is 11.7. The summed E-state index contributed by atoms with van der Waals surface area (Å²) in [7, 11) is 0. The molecule has 0 heterocycles. The number of carbonyl (C=O) groups excluding carboxylic acids is 2. The first-order valence-corrected chi connectivity index (χ1v) is 9.74. The van der Waals surface area contributed by atoms with Gasteiger partial charge in [-0.25, -0.2) is 0 Å². The Balaban J connectivity index is 1.72. The third kappa shape index (κ3) is 6.71. The van der Waals surface area contributed by atoms with Crippen LogP contribution in [0.25, 0.3) is 0 Å². The fourth-order valence-electron chi connectivity index (χ4n) is 2.43. The quantitative estimate of drug-likeness (QED) is 0.621. The van der Waals surface area contributed by atoms with Crippen molar-refractivity contribution in [3.05, 3.63) is 64.1 Å². The SMILES string of the molecule is CC(Oc1ccc(C(C)C)cc1)C(=O)NCCNC(=O)c1cccc(Br)c1. The Labute approximate surface area is 168 Å². The minimum absolute atomic E-state index is 0.180. The van der Waals surface area contributed by atoms with Crippen LogP contribution in [0.1, 0.15) is 42.6 Å². The molecule has 2 aromatic carbocycles. The van der Waals surface area contributed by atoms with Gasteiger partial charge in [0.2, 0.25) is 0 Å². The number of benzene rings is 2. The maximum Gasteiger partial charge on any atom is 0.260 e. The van der Waals surface area contributed by atoms with Crippen LogP contribution in [0.5, 0.6) is 5.75 Å². The molecule has 2 amide bonds. The van der Waals surface area contributed by atoms with Crippen LogP contribution in [0, 0.1) is 0 Å². The standard InChI is InChI=1S/C21H25BrN2O3/c1-14(2)16-7-9-19(10-8-16)27-15(3)20(25)23-11-12-24-21(26)17-5-4-6-18(22)13-17/h4-10,13-15H,11-12H2,1-3H3,(H,23,25)(H,24,26). The van der Waals surface area contributed by atoms with E-state index >= 15 is 0 Å². The molecule has 0 saturated carbocycles. The number of nitrogens with one attached hydrogen (secondary N) is 2. The zero-order valence-corrected chi connectivity index (χ0v) is 17.4. The van der Waals surface area contributed by atoms with Crippen LogP contribution < -0.4 is 15.4 Å². The molecule has 0 spiro atoms. The fourth-order valence-corrected chi connectivity index (χ4v) is 2.83. The van der Waals surface area contributed by atoms with E-state index in [2.05, 4.69) is 40.4 Å². The summed E-state index contributed by atoms with van der Waals surface area (Å²) in [4.78, 5) is 24.1. The fraction of sp³-hybridized carbons (Fsp3) is 0.333. The molecular formula is C21H25BrN2O3. The Morgan fingerprint density at radius 3 is 2.30 bits per heavy atom. The van der Waals surface area contributed by atoms with Gasteiger partial charge < -0.3 is 15.4 Å². The number of rotatable bonds is 8. The van der Waals surface area contributed by atoms with Crippen molar-refractivity contribution in [1.82, 2.24) is 10.6 Å². The molecule has 144 valence electrons. The van der Waals surface area contributed by atoms with E-state index in [0.29, 0.717) is 30.3 Å². The van der Waals surface area contributed by atoms with Crippen LogP contribution in [-0.2, 0) is 4.79 Å². The Kier molecular flexibility index (Phi) is 7.85. The average molecular weight is 433 g/mol. The molecule has 2 N–H and O–H groups in total. The van der Waals surface area contributed by atoms with E-state index in [0.717, 1.165) is 4.47 Å². The molecule has 0 aliphatic rings. The Morgan fingerprint density at radius 1 is 1.00 bits per heavy atom. The maximum absolute atomic E-state index is 12.1. The topological polar surface area (TPSA) is 67.4 Å². The molecule has 5 nitrogen and oxygen atoms in total. The lowest BCUT2D eigenvalue weighted by Crippen LogP contribution is -2.40. The second-order valence-electron chi connectivity index (χ2n) is 6.54. The number of carbonyl (C=O) groups is 2. The van der Waals surface area contributed by atoms with E-state index in [1.165, 1.54) is 5.56 Å². The molecule has 0 aliphatic heterocycles. The smallest absolute Gasteiger partial charge is 0.260 e. The Bertz CT molecular complexity index is 775. The molecule has 0 fully saturated rings. The number of hydrogen-bond acceptors (Lipinski definition) is 3. The molecule has 0 aromatic heterocycles. The molecule has 27 heavy (non-hydrogen) atoms. The van der Waals surface area contributed by atoms with Gasteiger partial charge in [0.25, 0.3) is 11.8 Å². The summed E-state index contributed by atoms with van der Waals surface area (Å²) in [6.07, 6.45) is -0.615. The van der Waals surface area contributed by atoms with Crippen molar-refractivity contribution in [1.29, 1.82) is 0 Å². The molecule has 2 rings (SSSR count). The van der Waals surface area contributed by atoms with Crippen molar-refractivity contribution in [2.75, 3.05) is 13.1 Å². The van der Waals surface area contributed by atoms with Gasteiger partial charge in [-0.1, -0.05) is 48.0 Å². The molecule has 0 bridgehead atoms. The number of amides is 2. The lowest BCUT2D eigenvalue weighted by Gasteiger charge is -2.15. The summed E-state index contributed by atoms with van der Waals surface area (Å²) < 4.78 is 6.51. The second-order valence-corrected chi connectivity index (χ2v) is 7.46. The van der Waals surface area contributed by atoms with Crippen LogP contribution in [0.3, 0.4) is 0 Å². The first-order valence-electron chi connectivity index (χ1n) is 8.95. The zero-order chi connectivity index (χ0) is 19.8. The molecule has 0 saturated heterocycles. The van der Waals surface area contributed by atoms with E-state index in [4.69, 9.17) is 4.74 Å². The van der Waals surface area contributed by atoms with Gasteiger partial charge in [0.05, 0.1) is 0 Å². The van der Waals surface area contributed by atoms with Gasteiger partial charge in [-0.3, -0.25) is 9.59 Å². The van der Waals surface area contributed by atoms with E-state index in [-0.39, 0.29) is 11.8 Å². The molecule has 2 aromatic rings. The van der Waals surface area contributed by atoms with Crippen LogP contribution in [0.2, 0.25) is 0 Å². The zero-order valence-electron chi connectivity index (χ0n) is 15.8. The van der Waals surface area contributed by atoms with Crippen LogP contribution in [0.4, 0.5) is 0 Å². The summed E-state index contributed by atoms with van der Waals surface area (Å²) in [5.74, 6) is 0.705. The van der Waals surface area contributed by atoms with Crippen LogP contribution in [-0.4, -0.2) is 31.0 Å². The lowest BCUT2D eigenvalue weighted by molar-refractivity contribution is -0.127. The highest BCUT2D eigenvalue weighted by Crippen LogP contribution is 2.19. The highest BCUT2D eigenvalue weighted by Gasteiger charge is 2.14. The van der Waals surface area contributed by atoms with Gasteiger partial charge in [-0.15, -0.1) is 0 Å². The molecule has 0 aliphatic carbocycles. The van der Waals surface area contributed by atoms with E-state index < -0.39 is 6.10 Å². The highest BCUT2D eigenvalue weighted by atomic mass is 79.9. The van der Waals surface area contributed by atoms with Crippen LogP contribution in [0.15, 0.2) is 53.0 Å². The third-order valence-corrected chi connectivity index (χ3v) is 4.52. The van der Waals surface area contributed by atoms with Gasteiger partial charge in [0.1, 0.15) is 5.75 Å². The van der Waals surface area contributed by atoms with Gasteiger partial charge in [-0.2, -0.15) is 0 Å². The van der Waals surface area contributed by atoms with Crippen molar-refractivity contribution >= 4 is 27.7 Å². The summed E-state index contributed by atoms with van der Waals surface area (Å²) in [6, 6.07) is 14.9. The number of hydrogen-bond donors (Lipinski definition) is 2. The van der Waals surface area contributed by atoms with E-state index in [1.807, 2.05) is 30.3 Å². The number of ether oxygens (including phenoxy) is 1. The van der Waals surface area contributed by atoms with E-state index in [9.17, 15) is 9.59 Å². The summed E-state index contributed by atoms with van der Waals surface area (Å²) in [5.41, 5.74) is 1.79. The highest BCUT2D eigenvalue weighted by molar-refractivity contribution is 9.10. The van der Waals surface area contributed by atoms with E-state index in [1.54, 1.807) is 25.1 Å². The van der Waals surface area contributed by atoms with Gasteiger partial charge in [0.15, 0.2) is 6.10 Å².